The zero-order valence-electron chi connectivity index (χ0n) is 14.4. The highest BCUT2D eigenvalue weighted by Gasteiger charge is 2.24. The molecule has 7 heteroatoms. The van der Waals surface area contributed by atoms with Gasteiger partial charge in [0.2, 0.25) is 11.8 Å². The summed E-state index contributed by atoms with van der Waals surface area (Å²) >= 11 is 1.51. The van der Waals surface area contributed by atoms with Crippen molar-refractivity contribution < 1.29 is 14.1 Å². The Morgan fingerprint density at radius 2 is 2.16 bits per heavy atom. The van der Waals surface area contributed by atoms with Crippen LogP contribution in [0.2, 0.25) is 0 Å². The first-order chi connectivity index (χ1) is 12.1. The number of nitrogens with one attached hydrogen (secondary N) is 1. The van der Waals surface area contributed by atoms with Crippen molar-refractivity contribution in [3.63, 3.8) is 0 Å². The van der Waals surface area contributed by atoms with Gasteiger partial charge in [-0.3, -0.25) is 9.59 Å². The third-order valence-electron chi connectivity index (χ3n) is 4.20. The number of aryl methyl sites for hydroxylation is 2. The first kappa shape index (κ1) is 17.5. The Balaban J connectivity index is 1.59. The van der Waals surface area contributed by atoms with E-state index >= 15 is 0 Å². The molecule has 2 amide bonds. The van der Waals surface area contributed by atoms with Crippen molar-refractivity contribution in [2.75, 3.05) is 22.5 Å². The van der Waals surface area contributed by atoms with Gasteiger partial charge in [-0.2, -0.15) is 0 Å². The van der Waals surface area contributed by atoms with Gasteiger partial charge in [0.15, 0.2) is 0 Å². The fourth-order valence-corrected chi connectivity index (χ4v) is 3.83. The molecule has 1 aliphatic heterocycles. The second-order valence-electron chi connectivity index (χ2n) is 6.01. The van der Waals surface area contributed by atoms with E-state index in [1.54, 1.807) is 4.90 Å². The summed E-state index contributed by atoms with van der Waals surface area (Å²) < 4.78 is 5.13. The van der Waals surface area contributed by atoms with E-state index in [9.17, 15) is 9.59 Å². The van der Waals surface area contributed by atoms with Gasteiger partial charge in [-0.25, -0.2) is 0 Å². The Kier molecular flexibility index (Phi) is 5.43. The molecule has 132 valence electrons. The smallest absolute Gasteiger partial charge is 0.234 e. The molecule has 0 atom stereocenters. The Morgan fingerprint density at radius 3 is 2.84 bits per heavy atom. The molecule has 1 saturated heterocycles. The molecule has 0 aliphatic carbocycles. The van der Waals surface area contributed by atoms with Crippen LogP contribution < -0.4 is 10.2 Å². The van der Waals surface area contributed by atoms with Crippen LogP contribution >= 0.6 is 11.8 Å². The van der Waals surface area contributed by atoms with Crippen molar-refractivity contribution in [3.8, 4) is 0 Å². The van der Waals surface area contributed by atoms with Crippen molar-refractivity contribution >= 4 is 35.0 Å². The van der Waals surface area contributed by atoms with E-state index in [0.717, 1.165) is 29.1 Å². The van der Waals surface area contributed by atoms with Gasteiger partial charge >= 0.3 is 0 Å². The lowest BCUT2D eigenvalue weighted by atomic mass is 10.2. The highest BCUT2D eigenvalue weighted by atomic mass is 32.2. The molecule has 0 unspecified atom stereocenters. The fourth-order valence-electron chi connectivity index (χ4n) is 2.86. The monoisotopic (exact) mass is 359 g/mol. The molecule has 1 aromatic heterocycles. The number of anilines is 2. The zero-order valence-corrected chi connectivity index (χ0v) is 15.2. The summed E-state index contributed by atoms with van der Waals surface area (Å²) in [5, 5.41) is 6.84. The van der Waals surface area contributed by atoms with Gasteiger partial charge in [-0.05, 0) is 32.4 Å². The van der Waals surface area contributed by atoms with Crippen LogP contribution in [0.25, 0.3) is 0 Å². The predicted octanol–water partition coefficient (Wildman–Crippen LogP) is 3.29. The third kappa shape index (κ3) is 4.04. The van der Waals surface area contributed by atoms with Gasteiger partial charge in [0.05, 0.1) is 22.8 Å². The minimum atomic E-state index is -0.0872. The number of nitrogens with zero attached hydrogens (tertiary/aromatic N) is 2. The molecular formula is C18H21N3O3S. The first-order valence-corrected chi connectivity index (χ1v) is 9.40. The topological polar surface area (TPSA) is 75.4 Å². The number of aromatic nitrogens is 1. The molecule has 0 spiro atoms. The number of carbonyl (C=O) groups is 2. The molecule has 0 saturated carbocycles. The number of hydrogen-bond donors (Lipinski definition) is 1. The lowest BCUT2D eigenvalue weighted by Gasteiger charge is -2.19. The third-order valence-corrected chi connectivity index (χ3v) is 5.16. The van der Waals surface area contributed by atoms with Crippen LogP contribution in [0, 0.1) is 13.8 Å². The Labute approximate surface area is 150 Å². The van der Waals surface area contributed by atoms with E-state index in [-0.39, 0.29) is 11.8 Å². The van der Waals surface area contributed by atoms with Crippen LogP contribution in [-0.2, 0) is 15.3 Å². The van der Waals surface area contributed by atoms with E-state index < -0.39 is 0 Å². The first-order valence-electron chi connectivity index (χ1n) is 8.25. The SMILES string of the molecule is Cc1noc(C)c1CSCC(=O)Nc1ccccc1N1CCCC1=O. The Hall–Kier alpha value is -2.28. The van der Waals surface area contributed by atoms with Crippen LogP contribution in [0.15, 0.2) is 28.8 Å². The molecule has 0 radical (unpaired) electrons. The van der Waals surface area contributed by atoms with Gasteiger partial charge in [-0.1, -0.05) is 17.3 Å². The van der Waals surface area contributed by atoms with Gasteiger partial charge < -0.3 is 14.7 Å². The molecular weight excluding hydrogens is 338 g/mol. The number of amides is 2. The summed E-state index contributed by atoms with van der Waals surface area (Å²) in [6, 6.07) is 7.44. The molecule has 25 heavy (non-hydrogen) atoms. The maximum atomic E-state index is 12.3. The highest BCUT2D eigenvalue weighted by Crippen LogP contribution is 2.29. The summed E-state index contributed by atoms with van der Waals surface area (Å²) in [7, 11) is 0. The van der Waals surface area contributed by atoms with Crippen LogP contribution in [-0.4, -0.2) is 29.3 Å². The second kappa shape index (κ2) is 7.74. The zero-order chi connectivity index (χ0) is 17.8. The molecule has 2 heterocycles. The minimum absolute atomic E-state index is 0.0872. The van der Waals surface area contributed by atoms with Crippen molar-refractivity contribution in [2.24, 2.45) is 0 Å². The summed E-state index contributed by atoms with van der Waals surface area (Å²) in [5.41, 5.74) is 3.36. The summed E-state index contributed by atoms with van der Waals surface area (Å²) in [4.78, 5) is 26.0. The van der Waals surface area contributed by atoms with E-state index in [4.69, 9.17) is 4.52 Å². The van der Waals surface area contributed by atoms with Crippen LogP contribution in [0.5, 0.6) is 0 Å². The number of carbonyl (C=O) groups excluding carboxylic acids is 2. The van der Waals surface area contributed by atoms with Gasteiger partial charge in [0.25, 0.3) is 0 Å². The molecule has 1 aliphatic rings. The van der Waals surface area contributed by atoms with Gasteiger partial charge in [0.1, 0.15) is 5.76 Å². The quantitative estimate of drug-likeness (QED) is 0.856. The average molecular weight is 359 g/mol. The number of thioether (sulfide) groups is 1. The molecule has 3 rings (SSSR count). The normalized spacial score (nSPS) is 14.2. The number of para-hydroxylation sites is 2. The van der Waals surface area contributed by atoms with Gasteiger partial charge in [0, 0.05) is 24.3 Å². The lowest BCUT2D eigenvalue weighted by Crippen LogP contribution is -2.26. The standard InChI is InChI=1S/C18H21N3O3S/c1-12-14(13(2)24-20-12)10-25-11-17(22)19-15-6-3-4-7-16(15)21-9-5-8-18(21)23/h3-4,6-7H,5,8-11H2,1-2H3,(H,19,22). The maximum Gasteiger partial charge on any atom is 0.234 e. The molecule has 1 aromatic carbocycles. The Bertz CT molecular complexity index is 768. The molecule has 1 fully saturated rings. The minimum Gasteiger partial charge on any atom is -0.361 e. The van der Waals surface area contributed by atoms with Crippen LogP contribution in [0.4, 0.5) is 11.4 Å². The highest BCUT2D eigenvalue weighted by molar-refractivity contribution is 7.99. The van der Waals surface area contributed by atoms with E-state index in [1.807, 2.05) is 38.1 Å². The van der Waals surface area contributed by atoms with E-state index in [0.29, 0.717) is 30.2 Å². The lowest BCUT2D eigenvalue weighted by molar-refractivity contribution is -0.117. The van der Waals surface area contributed by atoms with E-state index in [2.05, 4.69) is 10.5 Å². The van der Waals surface area contributed by atoms with Crippen molar-refractivity contribution in [1.82, 2.24) is 5.16 Å². The largest absolute Gasteiger partial charge is 0.361 e. The molecule has 0 bridgehead atoms. The van der Waals surface area contributed by atoms with E-state index in [1.165, 1.54) is 11.8 Å². The number of rotatable bonds is 6. The molecule has 2 aromatic rings. The van der Waals surface area contributed by atoms with Crippen LogP contribution in [0.1, 0.15) is 29.9 Å². The fraction of sp³-hybridized carbons (Fsp3) is 0.389. The Morgan fingerprint density at radius 1 is 1.36 bits per heavy atom. The van der Waals surface area contributed by atoms with Crippen molar-refractivity contribution in [1.29, 1.82) is 0 Å². The van der Waals surface area contributed by atoms with Crippen molar-refractivity contribution in [2.45, 2.75) is 32.4 Å². The van der Waals surface area contributed by atoms with Crippen molar-refractivity contribution in [3.05, 3.63) is 41.3 Å². The number of hydrogen-bond acceptors (Lipinski definition) is 5. The van der Waals surface area contributed by atoms with Gasteiger partial charge in [-0.15, -0.1) is 11.8 Å². The average Bonchev–Trinajstić information content (AvgIpc) is 3.15. The second-order valence-corrected chi connectivity index (χ2v) is 7.00. The molecule has 6 nitrogen and oxygen atoms in total. The maximum absolute atomic E-state index is 12.3. The van der Waals surface area contributed by atoms with Crippen LogP contribution in [0.3, 0.4) is 0 Å². The molecule has 1 N–H and O–H groups in total. The predicted molar refractivity (Wildman–Crippen MR) is 98.8 cm³/mol. The summed E-state index contributed by atoms with van der Waals surface area (Å²) in [5.74, 6) is 1.82. The summed E-state index contributed by atoms with van der Waals surface area (Å²) in [6.45, 7) is 4.47. The number of benzene rings is 1. The summed E-state index contributed by atoms with van der Waals surface area (Å²) in [6.07, 6.45) is 1.42.